The van der Waals surface area contributed by atoms with Crippen molar-refractivity contribution in [2.75, 3.05) is 13.6 Å². The molecule has 1 aliphatic heterocycles. The summed E-state index contributed by atoms with van der Waals surface area (Å²) in [4.78, 5) is 2.20. The van der Waals surface area contributed by atoms with Gasteiger partial charge in [-0.15, -0.1) is 0 Å². The van der Waals surface area contributed by atoms with Crippen molar-refractivity contribution in [3.8, 4) is 0 Å². The molecule has 1 heterocycles. The Kier molecular flexibility index (Phi) is 3.22. The molecular weight excluding hydrogens is 229 g/mol. The molecule has 0 amide bonds. The first-order chi connectivity index (χ1) is 7.15. The lowest BCUT2D eigenvalue weighted by atomic mass is 10.0. The number of hydrogen-bond donors (Lipinski definition) is 0. The van der Waals surface area contributed by atoms with Crippen molar-refractivity contribution in [3.05, 3.63) is 46.1 Å². The van der Waals surface area contributed by atoms with E-state index in [1.807, 2.05) is 18.2 Å². The molecule has 0 bridgehead atoms. The van der Waals surface area contributed by atoms with Crippen LogP contribution in [0, 0.1) is 5.92 Å². The number of nitrogens with zero attached hydrogens (tertiary/aromatic N) is 1. The van der Waals surface area contributed by atoms with Crippen molar-refractivity contribution >= 4 is 23.2 Å². The van der Waals surface area contributed by atoms with Gasteiger partial charge < -0.3 is 4.90 Å². The quantitative estimate of drug-likeness (QED) is 0.765. The minimum atomic E-state index is 0.590. The number of rotatable bonds is 2. The summed E-state index contributed by atoms with van der Waals surface area (Å²) < 4.78 is 0. The molecule has 0 fully saturated rings. The molecular formula is C12H13Cl2N. The van der Waals surface area contributed by atoms with Gasteiger partial charge in [0.15, 0.2) is 0 Å². The molecule has 0 saturated heterocycles. The number of halogens is 2. The van der Waals surface area contributed by atoms with Crippen molar-refractivity contribution in [2.45, 2.75) is 6.42 Å². The van der Waals surface area contributed by atoms with Crippen molar-refractivity contribution < 1.29 is 0 Å². The Morgan fingerprint density at radius 2 is 2.13 bits per heavy atom. The lowest BCUT2D eigenvalue weighted by Crippen LogP contribution is -2.14. The average molecular weight is 242 g/mol. The monoisotopic (exact) mass is 241 g/mol. The Hall–Kier alpha value is -0.660. The Balaban J connectivity index is 2.05. The molecule has 0 radical (unpaired) electrons. The molecule has 15 heavy (non-hydrogen) atoms. The van der Waals surface area contributed by atoms with Crippen LogP contribution < -0.4 is 0 Å². The highest BCUT2D eigenvalue weighted by Crippen LogP contribution is 2.25. The van der Waals surface area contributed by atoms with E-state index < -0.39 is 0 Å². The highest BCUT2D eigenvalue weighted by Gasteiger charge is 2.13. The van der Waals surface area contributed by atoms with Gasteiger partial charge in [0.2, 0.25) is 0 Å². The predicted octanol–water partition coefficient (Wildman–Crippen LogP) is 3.61. The molecule has 1 atom stereocenters. The first-order valence-electron chi connectivity index (χ1n) is 4.97. The largest absolute Gasteiger partial charge is 0.380 e. The van der Waals surface area contributed by atoms with Gasteiger partial charge in [-0.25, -0.2) is 0 Å². The molecule has 2 rings (SSSR count). The zero-order valence-electron chi connectivity index (χ0n) is 8.58. The van der Waals surface area contributed by atoms with Crippen LogP contribution in [0.25, 0.3) is 0 Å². The van der Waals surface area contributed by atoms with E-state index in [4.69, 9.17) is 23.2 Å². The van der Waals surface area contributed by atoms with E-state index in [0.29, 0.717) is 16.0 Å². The van der Waals surface area contributed by atoms with Crippen molar-refractivity contribution in [3.63, 3.8) is 0 Å². The van der Waals surface area contributed by atoms with Crippen molar-refractivity contribution in [2.24, 2.45) is 5.92 Å². The Morgan fingerprint density at radius 3 is 2.73 bits per heavy atom. The maximum absolute atomic E-state index is 5.97. The summed E-state index contributed by atoms with van der Waals surface area (Å²) in [5.74, 6) is 0.590. The van der Waals surface area contributed by atoms with Crippen LogP contribution in [0.1, 0.15) is 5.56 Å². The summed E-state index contributed by atoms with van der Waals surface area (Å²) in [7, 11) is 2.09. The Bertz CT molecular complexity index is 387. The summed E-state index contributed by atoms with van der Waals surface area (Å²) in [6, 6.07) is 5.86. The molecule has 1 aromatic rings. The molecule has 3 heteroatoms. The molecule has 1 aliphatic rings. The van der Waals surface area contributed by atoms with Gasteiger partial charge in [0, 0.05) is 19.5 Å². The van der Waals surface area contributed by atoms with Gasteiger partial charge in [-0.2, -0.15) is 0 Å². The van der Waals surface area contributed by atoms with E-state index in [1.165, 1.54) is 5.56 Å². The smallest absolute Gasteiger partial charge is 0.0595 e. The molecule has 80 valence electrons. The third-order valence-electron chi connectivity index (χ3n) is 2.62. The van der Waals surface area contributed by atoms with Crippen molar-refractivity contribution in [1.29, 1.82) is 0 Å². The molecule has 0 aliphatic carbocycles. The lowest BCUT2D eigenvalue weighted by molar-refractivity contribution is 0.435. The minimum absolute atomic E-state index is 0.590. The van der Waals surface area contributed by atoms with Gasteiger partial charge in [-0.1, -0.05) is 35.3 Å². The maximum atomic E-state index is 5.97. The summed E-state index contributed by atoms with van der Waals surface area (Å²) in [5.41, 5.74) is 1.24. The maximum Gasteiger partial charge on any atom is 0.0595 e. The van der Waals surface area contributed by atoms with E-state index in [-0.39, 0.29) is 0 Å². The van der Waals surface area contributed by atoms with Crippen molar-refractivity contribution in [1.82, 2.24) is 4.90 Å². The van der Waals surface area contributed by atoms with Gasteiger partial charge in [-0.3, -0.25) is 0 Å². The highest BCUT2D eigenvalue weighted by molar-refractivity contribution is 6.42. The summed E-state index contributed by atoms with van der Waals surface area (Å²) in [5, 5.41) is 1.27. The minimum Gasteiger partial charge on any atom is -0.380 e. The standard InChI is InChI=1S/C12H13Cl2N/c1-15-5-4-10(8-15)6-9-2-3-11(13)12(14)7-9/h2-5,7,10H,6,8H2,1H3. The summed E-state index contributed by atoms with van der Waals surface area (Å²) >= 11 is 11.8. The Labute approximate surface area is 100 Å². The third-order valence-corrected chi connectivity index (χ3v) is 3.36. The zero-order chi connectivity index (χ0) is 10.8. The van der Waals surface area contributed by atoms with Gasteiger partial charge in [-0.05, 0) is 30.3 Å². The van der Waals surface area contributed by atoms with E-state index in [2.05, 4.69) is 24.2 Å². The first-order valence-corrected chi connectivity index (χ1v) is 5.73. The van der Waals surface area contributed by atoms with Crippen LogP contribution in [0.4, 0.5) is 0 Å². The fourth-order valence-electron chi connectivity index (χ4n) is 1.86. The molecule has 0 aromatic heterocycles. The third kappa shape index (κ3) is 2.67. The van der Waals surface area contributed by atoms with Gasteiger partial charge >= 0.3 is 0 Å². The first kappa shape index (κ1) is 10.8. The van der Waals surface area contributed by atoms with E-state index in [0.717, 1.165) is 13.0 Å². The molecule has 0 saturated carbocycles. The van der Waals surface area contributed by atoms with Gasteiger partial charge in [0.1, 0.15) is 0 Å². The van der Waals surface area contributed by atoms with Crippen LogP contribution in [-0.4, -0.2) is 18.5 Å². The Morgan fingerprint density at radius 1 is 1.33 bits per heavy atom. The van der Waals surface area contributed by atoms with Gasteiger partial charge in [0.05, 0.1) is 10.0 Å². The van der Waals surface area contributed by atoms with Crippen LogP contribution in [-0.2, 0) is 6.42 Å². The fraction of sp³-hybridized carbons (Fsp3) is 0.333. The van der Waals surface area contributed by atoms with E-state index in [9.17, 15) is 0 Å². The van der Waals surface area contributed by atoms with E-state index >= 15 is 0 Å². The molecule has 1 aromatic carbocycles. The molecule has 0 spiro atoms. The topological polar surface area (TPSA) is 3.24 Å². The number of benzene rings is 1. The van der Waals surface area contributed by atoms with Crippen LogP contribution in [0.15, 0.2) is 30.5 Å². The van der Waals surface area contributed by atoms with Crippen LogP contribution in [0.5, 0.6) is 0 Å². The normalized spacial score (nSPS) is 19.9. The van der Waals surface area contributed by atoms with E-state index in [1.54, 1.807) is 0 Å². The number of hydrogen-bond acceptors (Lipinski definition) is 1. The van der Waals surface area contributed by atoms with Crippen LogP contribution >= 0.6 is 23.2 Å². The van der Waals surface area contributed by atoms with Crippen LogP contribution in [0.3, 0.4) is 0 Å². The predicted molar refractivity (Wildman–Crippen MR) is 65.4 cm³/mol. The van der Waals surface area contributed by atoms with Gasteiger partial charge in [0.25, 0.3) is 0 Å². The second-order valence-electron chi connectivity index (χ2n) is 3.99. The molecule has 0 N–H and O–H groups in total. The summed E-state index contributed by atoms with van der Waals surface area (Å²) in [6.07, 6.45) is 5.39. The summed E-state index contributed by atoms with van der Waals surface area (Å²) in [6.45, 7) is 1.08. The fourth-order valence-corrected chi connectivity index (χ4v) is 2.18. The lowest BCUT2D eigenvalue weighted by Gasteiger charge is -2.12. The second-order valence-corrected chi connectivity index (χ2v) is 4.81. The SMILES string of the molecule is CN1C=CC(Cc2ccc(Cl)c(Cl)c2)C1. The average Bonchev–Trinajstić information content (AvgIpc) is 2.58. The molecule has 1 nitrogen and oxygen atoms in total. The second kappa shape index (κ2) is 4.46. The highest BCUT2D eigenvalue weighted by atomic mass is 35.5. The zero-order valence-corrected chi connectivity index (χ0v) is 10.1. The molecule has 1 unspecified atom stereocenters. The van der Waals surface area contributed by atoms with Crippen LogP contribution in [0.2, 0.25) is 10.0 Å².